The van der Waals surface area contributed by atoms with Gasteiger partial charge in [0, 0.05) is 10.0 Å². The first kappa shape index (κ1) is 14.8. The minimum absolute atomic E-state index is 0.331. The molecule has 98 valence electrons. The zero-order valence-corrected chi connectivity index (χ0v) is 12.0. The second-order valence-corrected chi connectivity index (χ2v) is 4.84. The van der Waals surface area contributed by atoms with Crippen molar-refractivity contribution in [1.82, 2.24) is 0 Å². The average Bonchev–Trinajstić information content (AvgIpc) is 2.33. The smallest absolute Gasteiger partial charge is 0.333 e. The molecule has 0 fully saturated rings. The van der Waals surface area contributed by atoms with Crippen LogP contribution in [0.25, 0.3) is 0 Å². The normalized spacial score (nSPS) is 9.89. The van der Waals surface area contributed by atoms with E-state index in [9.17, 15) is 4.79 Å². The quantitative estimate of drug-likeness (QED) is 0.437. The lowest BCUT2D eigenvalue weighted by Gasteiger charge is -2.07. The molecule has 0 saturated heterocycles. The summed E-state index contributed by atoms with van der Waals surface area (Å²) in [4.78, 5) is 11.1. The Bertz CT molecular complexity index is 415. The van der Waals surface area contributed by atoms with E-state index in [0.717, 1.165) is 23.1 Å². The van der Waals surface area contributed by atoms with E-state index in [1.54, 1.807) is 6.92 Å². The Kier molecular flexibility index (Phi) is 6.50. The van der Waals surface area contributed by atoms with E-state index in [2.05, 4.69) is 22.5 Å². The summed E-state index contributed by atoms with van der Waals surface area (Å²) >= 11 is 3.38. The molecule has 0 aliphatic rings. The Hall–Kier alpha value is -1.29. The second-order valence-electron chi connectivity index (χ2n) is 3.93. The number of unbranched alkanes of at least 4 members (excludes halogenated alkanes) is 1. The Balaban J connectivity index is 2.09. The highest BCUT2D eigenvalue weighted by atomic mass is 79.9. The van der Waals surface area contributed by atoms with E-state index in [1.165, 1.54) is 0 Å². The number of benzene rings is 1. The fraction of sp³-hybridized carbons (Fsp3) is 0.357. The van der Waals surface area contributed by atoms with Gasteiger partial charge < -0.3 is 9.47 Å². The minimum Gasteiger partial charge on any atom is -0.494 e. The van der Waals surface area contributed by atoms with Crippen LogP contribution in [0.5, 0.6) is 5.75 Å². The van der Waals surface area contributed by atoms with Crippen molar-refractivity contribution in [2.45, 2.75) is 19.8 Å². The van der Waals surface area contributed by atoms with Crippen LogP contribution in [-0.4, -0.2) is 19.2 Å². The summed E-state index contributed by atoms with van der Waals surface area (Å²) in [5, 5.41) is 0. The number of halogens is 1. The molecule has 0 bridgehead atoms. The van der Waals surface area contributed by atoms with Crippen LogP contribution in [-0.2, 0) is 9.53 Å². The summed E-state index contributed by atoms with van der Waals surface area (Å²) in [7, 11) is 0. The van der Waals surface area contributed by atoms with E-state index in [0.29, 0.717) is 18.8 Å². The van der Waals surface area contributed by atoms with Gasteiger partial charge in [-0.1, -0.05) is 28.6 Å². The van der Waals surface area contributed by atoms with Crippen molar-refractivity contribution >= 4 is 21.9 Å². The minimum atomic E-state index is -0.331. The van der Waals surface area contributed by atoms with E-state index < -0.39 is 0 Å². The largest absolute Gasteiger partial charge is 0.494 e. The average molecular weight is 313 g/mol. The van der Waals surface area contributed by atoms with Gasteiger partial charge in [0.2, 0.25) is 0 Å². The Morgan fingerprint density at radius 2 is 2.06 bits per heavy atom. The van der Waals surface area contributed by atoms with Gasteiger partial charge in [0.15, 0.2) is 0 Å². The van der Waals surface area contributed by atoms with E-state index >= 15 is 0 Å². The third kappa shape index (κ3) is 5.87. The molecule has 0 aromatic heterocycles. The van der Waals surface area contributed by atoms with Crippen molar-refractivity contribution < 1.29 is 14.3 Å². The van der Waals surface area contributed by atoms with Gasteiger partial charge in [-0.25, -0.2) is 4.79 Å². The van der Waals surface area contributed by atoms with Crippen molar-refractivity contribution in [3.05, 3.63) is 40.9 Å². The summed E-state index contributed by atoms with van der Waals surface area (Å²) in [6.45, 7) is 6.17. The number of carbonyl (C=O) groups excluding carboxylic acids is 1. The Morgan fingerprint density at radius 3 is 2.72 bits per heavy atom. The molecule has 0 saturated carbocycles. The third-order valence-corrected chi connectivity index (χ3v) is 2.68. The molecule has 0 aliphatic heterocycles. The lowest BCUT2D eigenvalue weighted by atomic mass is 10.3. The first-order valence-electron chi connectivity index (χ1n) is 5.80. The maximum Gasteiger partial charge on any atom is 0.333 e. The molecule has 0 unspecified atom stereocenters. The highest BCUT2D eigenvalue weighted by molar-refractivity contribution is 9.10. The molecular weight excluding hydrogens is 296 g/mol. The predicted octanol–water partition coefficient (Wildman–Crippen LogP) is 3.73. The molecule has 1 rings (SSSR count). The fourth-order valence-corrected chi connectivity index (χ4v) is 1.62. The lowest BCUT2D eigenvalue weighted by Crippen LogP contribution is -2.07. The Labute approximate surface area is 116 Å². The molecule has 18 heavy (non-hydrogen) atoms. The second kappa shape index (κ2) is 7.93. The molecule has 4 heteroatoms. The van der Waals surface area contributed by atoms with Gasteiger partial charge in [-0.15, -0.1) is 0 Å². The van der Waals surface area contributed by atoms with Crippen molar-refractivity contribution in [2.24, 2.45) is 0 Å². The third-order valence-electron chi connectivity index (χ3n) is 2.19. The van der Waals surface area contributed by atoms with Crippen molar-refractivity contribution in [1.29, 1.82) is 0 Å². The van der Waals surface area contributed by atoms with Crippen LogP contribution in [0.1, 0.15) is 19.8 Å². The molecule has 1 aromatic rings. The number of rotatable bonds is 7. The molecule has 0 aliphatic carbocycles. The van der Waals surface area contributed by atoms with Crippen LogP contribution in [0.4, 0.5) is 0 Å². The maximum atomic E-state index is 11.1. The van der Waals surface area contributed by atoms with Crippen LogP contribution in [0.15, 0.2) is 40.9 Å². The monoisotopic (exact) mass is 312 g/mol. The number of carbonyl (C=O) groups is 1. The number of hydrogen-bond donors (Lipinski definition) is 0. The molecule has 0 amide bonds. The summed E-state index contributed by atoms with van der Waals surface area (Å²) < 4.78 is 11.5. The van der Waals surface area contributed by atoms with Gasteiger partial charge in [0.05, 0.1) is 13.2 Å². The van der Waals surface area contributed by atoms with Gasteiger partial charge in [-0.2, -0.15) is 0 Å². The first-order chi connectivity index (χ1) is 8.59. The molecule has 3 nitrogen and oxygen atoms in total. The predicted molar refractivity (Wildman–Crippen MR) is 74.6 cm³/mol. The van der Waals surface area contributed by atoms with E-state index in [-0.39, 0.29) is 5.97 Å². The molecule has 0 atom stereocenters. The van der Waals surface area contributed by atoms with Gasteiger partial charge in [-0.05, 0) is 38.0 Å². The van der Waals surface area contributed by atoms with Crippen molar-refractivity contribution in [3.8, 4) is 5.75 Å². The van der Waals surface area contributed by atoms with Gasteiger partial charge in [0.1, 0.15) is 5.75 Å². The number of esters is 1. The zero-order valence-electron chi connectivity index (χ0n) is 10.4. The summed E-state index contributed by atoms with van der Waals surface area (Å²) in [5.74, 6) is 0.506. The van der Waals surface area contributed by atoms with Crippen molar-refractivity contribution in [3.63, 3.8) is 0 Å². The van der Waals surface area contributed by atoms with Crippen LogP contribution in [0.2, 0.25) is 0 Å². The topological polar surface area (TPSA) is 35.5 Å². The maximum absolute atomic E-state index is 11.1. The summed E-state index contributed by atoms with van der Waals surface area (Å²) in [6.07, 6.45) is 1.63. The number of ether oxygens (including phenoxy) is 2. The molecule has 0 spiro atoms. The SMILES string of the molecule is C=C(C)C(=O)OCCCCOc1cccc(Br)c1. The fourth-order valence-electron chi connectivity index (χ4n) is 1.24. The van der Waals surface area contributed by atoms with Crippen LogP contribution >= 0.6 is 15.9 Å². The van der Waals surface area contributed by atoms with Crippen molar-refractivity contribution in [2.75, 3.05) is 13.2 Å². The molecule has 0 radical (unpaired) electrons. The van der Waals surface area contributed by atoms with Crippen LogP contribution < -0.4 is 4.74 Å². The Morgan fingerprint density at radius 1 is 1.33 bits per heavy atom. The summed E-state index contributed by atoms with van der Waals surface area (Å²) in [6, 6.07) is 7.70. The van der Waals surface area contributed by atoms with Gasteiger partial charge in [0.25, 0.3) is 0 Å². The molecule has 0 N–H and O–H groups in total. The molecule has 1 aromatic carbocycles. The van der Waals surface area contributed by atoms with E-state index in [1.807, 2.05) is 24.3 Å². The molecule has 0 heterocycles. The first-order valence-corrected chi connectivity index (χ1v) is 6.60. The van der Waals surface area contributed by atoms with Crippen LogP contribution in [0, 0.1) is 0 Å². The lowest BCUT2D eigenvalue weighted by molar-refractivity contribution is -0.139. The molecular formula is C14H17BrO3. The van der Waals surface area contributed by atoms with Gasteiger partial charge >= 0.3 is 5.97 Å². The highest BCUT2D eigenvalue weighted by Gasteiger charge is 2.02. The standard InChI is InChI=1S/C14H17BrO3/c1-11(2)14(16)18-9-4-3-8-17-13-7-5-6-12(15)10-13/h5-7,10H,1,3-4,8-9H2,2H3. The summed E-state index contributed by atoms with van der Waals surface area (Å²) in [5.41, 5.74) is 0.431. The van der Waals surface area contributed by atoms with Crippen LogP contribution in [0.3, 0.4) is 0 Å². The van der Waals surface area contributed by atoms with Gasteiger partial charge in [-0.3, -0.25) is 0 Å². The number of hydrogen-bond acceptors (Lipinski definition) is 3. The van der Waals surface area contributed by atoms with E-state index in [4.69, 9.17) is 9.47 Å². The highest BCUT2D eigenvalue weighted by Crippen LogP contribution is 2.17. The zero-order chi connectivity index (χ0) is 13.4.